The molecule has 0 radical (unpaired) electrons. The molecule has 1 aliphatic carbocycles. The van der Waals surface area contributed by atoms with Gasteiger partial charge in [0, 0.05) is 17.0 Å². The molecule has 0 unspecified atom stereocenters. The van der Waals surface area contributed by atoms with Crippen LogP contribution in [-0.2, 0) is 6.54 Å². The number of hydrogen-bond donors (Lipinski definition) is 1. The standard InChI is InChI=1S/C14H14F2N2S/c15-9-6-12(16)14(17)13(7-9)18(10-3-4-10)8-11-2-1-5-19-11/h1-2,5-7,10H,3-4,8,17H2. The number of hydrogen-bond acceptors (Lipinski definition) is 3. The van der Waals surface area contributed by atoms with Crippen molar-refractivity contribution in [1.82, 2.24) is 0 Å². The van der Waals surface area contributed by atoms with E-state index in [1.165, 1.54) is 6.07 Å². The quantitative estimate of drug-likeness (QED) is 0.864. The number of benzene rings is 1. The third kappa shape index (κ3) is 2.56. The Morgan fingerprint density at radius 3 is 2.74 bits per heavy atom. The number of rotatable bonds is 4. The molecule has 100 valence electrons. The number of halogens is 2. The Balaban J connectivity index is 1.96. The van der Waals surface area contributed by atoms with Crippen LogP contribution >= 0.6 is 11.3 Å². The van der Waals surface area contributed by atoms with E-state index in [-0.39, 0.29) is 5.69 Å². The van der Waals surface area contributed by atoms with Crippen LogP contribution in [0.2, 0.25) is 0 Å². The molecule has 0 aliphatic heterocycles. The molecule has 19 heavy (non-hydrogen) atoms. The smallest absolute Gasteiger partial charge is 0.151 e. The van der Waals surface area contributed by atoms with Gasteiger partial charge in [-0.25, -0.2) is 8.78 Å². The minimum absolute atomic E-state index is 0.0323. The van der Waals surface area contributed by atoms with Gasteiger partial charge in [-0.1, -0.05) is 6.07 Å². The molecule has 0 saturated heterocycles. The lowest BCUT2D eigenvalue weighted by molar-refractivity contribution is 0.584. The maximum absolute atomic E-state index is 13.6. The molecule has 1 saturated carbocycles. The fraction of sp³-hybridized carbons (Fsp3) is 0.286. The summed E-state index contributed by atoms with van der Waals surface area (Å²) in [5.41, 5.74) is 6.27. The first-order valence-corrected chi connectivity index (χ1v) is 7.06. The van der Waals surface area contributed by atoms with Crippen molar-refractivity contribution in [1.29, 1.82) is 0 Å². The van der Waals surface area contributed by atoms with Gasteiger partial charge < -0.3 is 10.6 Å². The Morgan fingerprint density at radius 2 is 2.11 bits per heavy atom. The van der Waals surface area contributed by atoms with E-state index in [0.29, 0.717) is 18.3 Å². The molecular weight excluding hydrogens is 266 g/mol. The van der Waals surface area contributed by atoms with Crippen molar-refractivity contribution in [3.8, 4) is 0 Å². The zero-order valence-corrected chi connectivity index (χ0v) is 11.1. The maximum Gasteiger partial charge on any atom is 0.151 e. The summed E-state index contributed by atoms with van der Waals surface area (Å²) in [5, 5.41) is 2.00. The molecule has 5 heteroatoms. The van der Waals surface area contributed by atoms with E-state index in [0.717, 1.165) is 23.8 Å². The molecule has 0 spiro atoms. The first kappa shape index (κ1) is 12.4. The highest BCUT2D eigenvalue weighted by molar-refractivity contribution is 7.09. The normalized spacial score (nSPS) is 14.6. The molecule has 0 atom stereocenters. The molecule has 3 rings (SSSR count). The minimum Gasteiger partial charge on any atom is -0.395 e. The Hall–Kier alpha value is -1.62. The van der Waals surface area contributed by atoms with Crippen molar-refractivity contribution in [2.75, 3.05) is 10.6 Å². The third-order valence-electron chi connectivity index (χ3n) is 3.28. The van der Waals surface area contributed by atoms with Gasteiger partial charge in [-0.15, -0.1) is 11.3 Å². The lowest BCUT2D eigenvalue weighted by Gasteiger charge is -2.25. The van der Waals surface area contributed by atoms with Crippen LogP contribution in [0.25, 0.3) is 0 Å². The summed E-state index contributed by atoms with van der Waals surface area (Å²) in [7, 11) is 0. The molecule has 2 aromatic rings. The van der Waals surface area contributed by atoms with Gasteiger partial charge in [0.2, 0.25) is 0 Å². The summed E-state index contributed by atoms with van der Waals surface area (Å²) in [6, 6.07) is 6.48. The van der Waals surface area contributed by atoms with Crippen LogP contribution in [0.4, 0.5) is 20.2 Å². The van der Waals surface area contributed by atoms with E-state index in [1.54, 1.807) is 11.3 Å². The van der Waals surface area contributed by atoms with Crippen LogP contribution in [0.15, 0.2) is 29.6 Å². The lowest BCUT2D eigenvalue weighted by atomic mass is 10.2. The first-order valence-electron chi connectivity index (χ1n) is 6.18. The average molecular weight is 280 g/mol. The van der Waals surface area contributed by atoms with E-state index in [2.05, 4.69) is 0 Å². The van der Waals surface area contributed by atoms with E-state index in [4.69, 9.17) is 5.73 Å². The SMILES string of the molecule is Nc1c(F)cc(F)cc1N(Cc1cccs1)C1CC1. The number of anilines is 2. The highest BCUT2D eigenvalue weighted by Gasteiger charge is 2.31. The lowest BCUT2D eigenvalue weighted by Crippen LogP contribution is -2.26. The molecule has 1 aromatic carbocycles. The second kappa shape index (κ2) is 4.81. The molecule has 1 fully saturated rings. The molecule has 0 bridgehead atoms. The van der Waals surface area contributed by atoms with Crippen molar-refractivity contribution in [3.05, 3.63) is 46.2 Å². The highest BCUT2D eigenvalue weighted by Crippen LogP contribution is 2.37. The monoisotopic (exact) mass is 280 g/mol. The molecule has 1 heterocycles. The zero-order valence-electron chi connectivity index (χ0n) is 10.3. The van der Waals surface area contributed by atoms with E-state index in [9.17, 15) is 8.78 Å². The van der Waals surface area contributed by atoms with E-state index < -0.39 is 11.6 Å². The second-order valence-electron chi connectivity index (χ2n) is 4.76. The largest absolute Gasteiger partial charge is 0.395 e. The van der Waals surface area contributed by atoms with Crippen LogP contribution in [-0.4, -0.2) is 6.04 Å². The van der Waals surface area contributed by atoms with Crippen molar-refractivity contribution >= 4 is 22.7 Å². The maximum atomic E-state index is 13.6. The van der Waals surface area contributed by atoms with Crippen LogP contribution in [0.1, 0.15) is 17.7 Å². The first-order chi connectivity index (χ1) is 9.15. The molecule has 2 N–H and O–H groups in total. The number of nitrogens with zero attached hydrogens (tertiary/aromatic N) is 1. The van der Waals surface area contributed by atoms with E-state index in [1.807, 2.05) is 22.4 Å². The summed E-state index contributed by atoms with van der Waals surface area (Å²) >= 11 is 1.64. The Labute approximate surface area is 114 Å². The highest BCUT2D eigenvalue weighted by atomic mass is 32.1. The van der Waals surface area contributed by atoms with Crippen LogP contribution in [0, 0.1) is 11.6 Å². The van der Waals surface area contributed by atoms with Crippen molar-refractivity contribution in [2.45, 2.75) is 25.4 Å². The average Bonchev–Trinajstić information content (AvgIpc) is 3.09. The van der Waals surface area contributed by atoms with Gasteiger partial charge in [-0.2, -0.15) is 0 Å². The fourth-order valence-corrected chi connectivity index (χ4v) is 2.88. The van der Waals surface area contributed by atoms with Crippen molar-refractivity contribution < 1.29 is 8.78 Å². The topological polar surface area (TPSA) is 29.3 Å². The number of nitrogen functional groups attached to an aromatic ring is 1. The van der Waals surface area contributed by atoms with Gasteiger partial charge >= 0.3 is 0 Å². The van der Waals surface area contributed by atoms with Gasteiger partial charge in [0.1, 0.15) is 5.82 Å². The Bertz CT molecular complexity index is 579. The summed E-state index contributed by atoms with van der Waals surface area (Å²) in [6.45, 7) is 0.648. The summed E-state index contributed by atoms with van der Waals surface area (Å²) in [4.78, 5) is 3.17. The van der Waals surface area contributed by atoms with Gasteiger partial charge in [0.15, 0.2) is 5.82 Å². The molecule has 0 amide bonds. The van der Waals surface area contributed by atoms with E-state index >= 15 is 0 Å². The fourth-order valence-electron chi connectivity index (χ4n) is 2.18. The van der Waals surface area contributed by atoms with Crippen molar-refractivity contribution in [2.24, 2.45) is 0 Å². The van der Waals surface area contributed by atoms with Gasteiger partial charge in [-0.05, 0) is 30.4 Å². The van der Waals surface area contributed by atoms with Gasteiger partial charge in [0.05, 0.1) is 17.9 Å². The summed E-state index contributed by atoms with van der Waals surface area (Å²) in [6.07, 6.45) is 2.09. The van der Waals surface area contributed by atoms with Crippen molar-refractivity contribution in [3.63, 3.8) is 0 Å². The zero-order chi connectivity index (χ0) is 13.4. The van der Waals surface area contributed by atoms with Crippen LogP contribution in [0.3, 0.4) is 0 Å². The predicted octanol–water partition coefficient (Wildman–Crippen LogP) is 3.78. The van der Waals surface area contributed by atoms with Gasteiger partial charge in [-0.3, -0.25) is 0 Å². The van der Waals surface area contributed by atoms with Crippen LogP contribution in [0.5, 0.6) is 0 Å². The Morgan fingerprint density at radius 1 is 1.32 bits per heavy atom. The molecule has 1 aromatic heterocycles. The molecule has 2 nitrogen and oxygen atoms in total. The third-order valence-corrected chi connectivity index (χ3v) is 4.14. The van der Waals surface area contributed by atoms with Crippen LogP contribution < -0.4 is 10.6 Å². The molecular formula is C14H14F2N2S. The number of thiophene rings is 1. The van der Waals surface area contributed by atoms with Gasteiger partial charge in [0.25, 0.3) is 0 Å². The number of nitrogens with two attached hydrogens (primary N) is 1. The second-order valence-corrected chi connectivity index (χ2v) is 5.79. The summed E-state index contributed by atoms with van der Waals surface area (Å²) < 4.78 is 27.0. The minimum atomic E-state index is -0.688. The Kier molecular flexibility index (Phi) is 3.14. The molecule has 1 aliphatic rings. The predicted molar refractivity (Wildman–Crippen MR) is 74.3 cm³/mol. The summed E-state index contributed by atoms with van der Waals surface area (Å²) in [5.74, 6) is -1.27.